The SMILES string of the molecule is CC(O)C(N)CNC(=O)c1cc2c(s1)CCCCC2. The van der Waals surface area contributed by atoms with Crippen LogP contribution in [0.2, 0.25) is 0 Å². The molecule has 0 bridgehead atoms. The van der Waals surface area contributed by atoms with Crippen molar-refractivity contribution in [2.24, 2.45) is 5.73 Å². The fourth-order valence-corrected chi connectivity index (χ4v) is 3.42. The quantitative estimate of drug-likeness (QED) is 0.732. The van der Waals surface area contributed by atoms with Crippen molar-refractivity contribution in [2.45, 2.75) is 51.2 Å². The van der Waals surface area contributed by atoms with Crippen molar-refractivity contribution < 1.29 is 9.90 Å². The Morgan fingerprint density at radius 1 is 1.47 bits per heavy atom. The molecule has 4 N–H and O–H groups in total. The maximum Gasteiger partial charge on any atom is 0.261 e. The van der Waals surface area contributed by atoms with Gasteiger partial charge in [0.15, 0.2) is 0 Å². The molecule has 0 radical (unpaired) electrons. The van der Waals surface area contributed by atoms with Gasteiger partial charge in [0.05, 0.1) is 11.0 Å². The first-order valence-electron chi connectivity index (χ1n) is 6.91. The molecule has 1 aliphatic carbocycles. The highest BCUT2D eigenvalue weighted by Gasteiger charge is 2.17. The molecule has 106 valence electrons. The van der Waals surface area contributed by atoms with E-state index in [1.54, 1.807) is 18.3 Å². The first-order chi connectivity index (χ1) is 9.08. The molecule has 0 aromatic carbocycles. The van der Waals surface area contributed by atoms with Gasteiger partial charge in [0.2, 0.25) is 0 Å². The minimum Gasteiger partial charge on any atom is -0.392 e. The Morgan fingerprint density at radius 2 is 2.21 bits per heavy atom. The second kappa shape index (κ2) is 6.50. The van der Waals surface area contributed by atoms with E-state index < -0.39 is 12.1 Å². The van der Waals surface area contributed by atoms with Gasteiger partial charge in [0, 0.05) is 17.5 Å². The third kappa shape index (κ3) is 3.78. The number of aliphatic hydroxyl groups excluding tert-OH is 1. The molecular weight excluding hydrogens is 260 g/mol. The number of nitrogens with one attached hydrogen (secondary N) is 1. The van der Waals surface area contributed by atoms with E-state index >= 15 is 0 Å². The number of carbonyl (C=O) groups is 1. The highest BCUT2D eigenvalue weighted by atomic mass is 32.1. The molecule has 2 rings (SSSR count). The monoisotopic (exact) mass is 282 g/mol. The Kier molecular flexibility index (Phi) is 4.96. The van der Waals surface area contributed by atoms with Crippen LogP contribution in [0.5, 0.6) is 0 Å². The normalized spacial score (nSPS) is 18.3. The fraction of sp³-hybridized carbons (Fsp3) is 0.643. The Morgan fingerprint density at radius 3 is 2.95 bits per heavy atom. The number of aryl methyl sites for hydroxylation is 2. The van der Waals surface area contributed by atoms with E-state index in [9.17, 15) is 9.90 Å². The summed E-state index contributed by atoms with van der Waals surface area (Å²) in [5.74, 6) is -0.0748. The lowest BCUT2D eigenvalue weighted by Crippen LogP contribution is -2.43. The van der Waals surface area contributed by atoms with Gasteiger partial charge in [-0.1, -0.05) is 6.42 Å². The van der Waals surface area contributed by atoms with E-state index in [2.05, 4.69) is 5.32 Å². The lowest BCUT2D eigenvalue weighted by Gasteiger charge is -2.14. The third-order valence-electron chi connectivity index (χ3n) is 3.59. The van der Waals surface area contributed by atoms with Crippen LogP contribution in [-0.2, 0) is 12.8 Å². The van der Waals surface area contributed by atoms with Gasteiger partial charge in [-0.15, -0.1) is 11.3 Å². The highest BCUT2D eigenvalue weighted by molar-refractivity contribution is 7.14. The summed E-state index contributed by atoms with van der Waals surface area (Å²) in [4.78, 5) is 14.2. The molecule has 2 unspecified atom stereocenters. The van der Waals surface area contributed by atoms with Gasteiger partial charge < -0.3 is 16.2 Å². The summed E-state index contributed by atoms with van der Waals surface area (Å²) in [7, 11) is 0. The van der Waals surface area contributed by atoms with Gasteiger partial charge in [-0.05, 0) is 44.2 Å². The molecule has 0 saturated heterocycles. The summed E-state index contributed by atoms with van der Waals surface area (Å²) in [6.07, 6.45) is 5.30. The molecule has 0 fully saturated rings. The Bertz CT molecular complexity index is 419. The largest absolute Gasteiger partial charge is 0.392 e. The van der Waals surface area contributed by atoms with E-state index in [0.717, 1.165) is 17.7 Å². The predicted octanol–water partition coefficient (Wildman–Crippen LogP) is 1.45. The van der Waals surface area contributed by atoms with Crippen LogP contribution in [0.1, 0.15) is 46.3 Å². The van der Waals surface area contributed by atoms with Crippen LogP contribution in [0, 0.1) is 0 Å². The van der Waals surface area contributed by atoms with Crippen molar-refractivity contribution in [3.05, 3.63) is 21.4 Å². The molecule has 1 aromatic heterocycles. The first-order valence-corrected chi connectivity index (χ1v) is 7.73. The molecule has 2 atom stereocenters. The average Bonchev–Trinajstić information content (AvgIpc) is 2.67. The molecule has 5 heteroatoms. The zero-order chi connectivity index (χ0) is 13.8. The van der Waals surface area contributed by atoms with E-state index in [1.807, 2.05) is 6.07 Å². The topological polar surface area (TPSA) is 75.3 Å². The van der Waals surface area contributed by atoms with E-state index in [0.29, 0.717) is 6.54 Å². The molecule has 1 aliphatic rings. The van der Waals surface area contributed by atoms with Crippen LogP contribution in [0.25, 0.3) is 0 Å². The predicted molar refractivity (Wildman–Crippen MR) is 77.6 cm³/mol. The second-order valence-electron chi connectivity index (χ2n) is 5.23. The number of aliphatic hydroxyl groups is 1. The zero-order valence-electron chi connectivity index (χ0n) is 11.3. The molecule has 4 nitrogen and oxygen atoms in total. The molecule has 19 heavy (non-hydrogen) atoms. The minimum atomic E-state index is -0.611. The third-order valence-corrected chi connectivity index (χ3v) is 4.82. The van der Waals surface area contributed by atoms with Gasteiger partial charge in [-0.2, -0.15) is 0 Å². The standard InChI is InChI=1S/C14H22N2O2S/c1-9(17)11(15)8-16-14(18)13-7-10-5-3-2-4-6-12(10)19-13/h7,9,11,17H,2-6,8,15H2,1H3,(H,16,18). The average molecular weight is 282 g/mol. The van der Waals surface area contributed by atoms with Crippen LogP contribution in [-0.4, -0.2) is 29.7 Å². The summed E-state index contributed by atoms with van der Waals surface area (Å²) >= 11 is 1.60. The van der Waals surface area contributed by atoms with Crippen LogP contribution < -0.4 is 11.1 Å². The molecule has 1 amide bonds. The molecule has 1 heterocycles. The Labute approximate surface area is 118 Å². The maximum absolute atomic E-state index is 12.0. The number of rotatable bonds is 4. The maximum atomic E-state index is 12.0. The number of hydrogen-bond acceptors (Lipinski definition) is 4. The van der Waals surface area contributed by atoms with Gasteiger partial charge in [-0.3, -0.25) is 4.79 Å². The number of hydrogen-bond donors (Lipinski definition) is 3. The minimum absolute atomic E-state index is 0.0748. The highest BCUT2D eigenvalue weighted by Crippen LogP contribution is 2.28. The van der Waals surface area contributed by atoms with Crippen LogP contribution in [0.4, 0.5) is 0 Å². The van der Waals surface area contributed by atoms with Crippen molar-refractivity contribution >= 4 is 17.2 Å². The van der Waals surface area contributed by atoms with Crippen molar-refractivity contribution in [1.29, 1.82) is 0 Å². The summed E-state index contributed by atoms with van der Waals surface area (Å²) < 4.78 is 0. The van der Waals surface area contributed by atoms with Crippen molar-refractivity contribution in [3.8, 4) is 0 Å². The van der Waals surface area contributed by atoms with Crippen molar-refractivity contribution in [1.82, 2.24) is 5.32 Å². The zero-order valence-corrected chi connectivity index (χ0v) is 12.1. The number of thiophene rings is 1. The van der Waals surface area contributed by atoms with E-state index in [4.69, 9.17) is 5.73 Å². The summed E-state index contributed by atoms with van der Waals surface area (Å²) in [5.41, 5.74) is 7.04. The number of fused-ring (bicyclic) bond motifs is 1. The number of carbonyl (C=O) groups excluding carboxylic acids is 1. The summed E-state index contributed by atoms with van der Waals surface area (Å²) in [6.45, 7) is 1.93. The smallest absolute Gasteiger partial charge is 0.261 e. The molecule has 0 aliphatic heterocycles. The molecular formula is C14H22N2O2S. The van der Waals surface area contributed by atoms with Crippen LogP contribution >= 0.6 is 11.3 Å². The van der Waals surface area contributed by atoms with E-state index in [-0.39, 0.29) is 5.91 Å². The van der Waals surface area contributed by atoms with Crippen LogP contribution in [0.3, 0.4) is 0 Å². The Balaban J connectivity index is 1.96. The van der Waals surface area contributed by atoms with Crippen molar-refractivity contribution in [3.63, 3.8) is 0 Å². The van der Waals surface area contributed by atoms with Gasteiger partial charge in [0.1, 0.15) is 0 Å². The van der Waals surface area contributed by atoms with Gasteiger partial charge >= 0.3 is 0 Å². The fourth-order valence-electron chi connectivity index (χ4n) is 2.25. The molecule has 0 spiro atoms. The molecule has 0 saturated carbocycles. The number of nitrogens with two attached hydrogens (primary N) is 1. The summed E-state index contributed by atoms with van der Waals surface area (Å²) in [6, 6.07) is 1.61. The van der Waals surface area contributed by atoms with E-state index in [1.165, 1.54) is 29.7 Å². The lowest BCUT2D eigenvalue weighted by molar-refractivity contribution is 0.0941. The molecule has 1 aromatic rings. The van der Waals surface area contributed by atoms with Crippen molar-refractivity contribution in [2.75, 3.05) is 6.54 Å². The number of amides is 1. The van der Waals surface area contributed by atoms with Crippen LogP contribution in [0.15, 0.2) is 6.07 Å². The first kappa shape index (κ1) is 14.5. The lowest BCUT2D eigenvalue weighted by atomic mass is 10.1. The second-order valence-corrected chi connectivity index (χ2v) is 6.37. The summed E-state index contributed by atoms with van der Waals surface area (Å²) in [5, 5.41) is 12.1. The Hall–Kier alpha value is -0.910. The van der Waals surface area contributed by atoms with Gasteiger partial charge in [0.25, 0.3) is 5.91 Å². The van der Waals surface area contributed by atoms with Gasteiger partial charge in [-0.25, -0.2) is 0 Å².